The maximum Gasteiger partial charge on any atom is 0.261 e. The standard InChI is InChI=1S/C14H22N2O2/c1-5-9(4)15-13(17)11-8-10(6-2)12(7-3)16-14(11)18/h8-9H,5-7H2,1-4H3,(H,15,17)(H,16,18)/t9-/m1/s1. The molecule has 1 heterocycles. The van der Waals surface area contributed by atoms with Crippen LogP contribution in [-0.4, -0.2) is 16.9 Å². The van der Waals surface area contributed by atoms with E-state index >= 15 is 0 Å². The molecule has 1 rings (SSSR count). The average Bonchev–Trinajstić information content (AvgIpc) is 2.37. The van der Waals surface area contributed by atoms with E-state index in [1.807, 2.05) is 27.7 Å². The van der Waals surface area contributed by atoms with Gasteiger partial charge in [-0.05, 0) is 37.8 Å². The lowest BCUT2D eigenvalue weighted by atomic mass is 10.1. The highest BCUT2D eigenvalue weighted by molar-refractivity contribution is 5.94. The molecule has 1 aromatic heterocycles. The first-order chi connectivity index (χ1) is 8.53. The van der Waals surface area contributed by atoms with Crippen LogP contribution in [0.25, 0.3) is 0 Å². The predicted molar refractivity (Wildman–Crippen MR) is 73.0 cm³/mol. The van der Waals surface area contributed by atoms with Crippen molar-refractivity contribution in [1.82, 2.24) is 10.3 Å². The molecule has 0 saturated carbocycles. The molecule has 4 heteroatoms. The summed E-state index contributed by atoms with van der Waals surface area (Å²) in [7, 11) is 0. The van der Waals surface area contributed by atoms with E-state index < -0.39 is 0 Å². The van der Waals surface area contributed by atoms with Gasteiger partial charge in [0.2, 0.25) is 0 Å². The molecule has 100 valence electrons. The smallest absolute Gasteiger partial charge is 0.261 e. The van der Waals surface area contributed by atoms with Crippen LogP contribution in [0.5, 0.6) is 0 Å². The topological polar surface area (TPSA) is 62.0 Å². The monoisotopic (exact) mass is 250 g/mol. The summed E-state index contributed by atoms with van der Waals surface area (Å²) in [5, 5.41) is 2.82. The summed E-state index contributed by atoms with van der Waals surface area (Å²) in [6.07, 6.45) is 2.42. The fourth-order valence-electron chi connectivity index (χ4n) is 1.81. The molecule has 0 aliphatic rings. The van der Waals surface area contributed by atoms with Crippen LogP contribution in [0.4, 0.5) is 0 Å². The molecule has 0 saturated heterocycles. The van der Waals surface area contributed by atoms with Gasteiger partial charge in [0.25, 0.3) is 11.5 Å². The highest BCUT2D eigenvalue weighted by Crippen LogP contribution is 2.08. The molecule has 2 N–H and O–H groups in total. The van der Waals surface area contributed by atoms with Crippen LogP contribution >= 0.6 is 0 Å². The zero-order valence-electron chi connectivity index (χ0n) is 11.6. The number of carbonyl (C=O) groups excluding carboxylic acids is 1. The van der Waals surface area contributed by atoms with Crippen molar-refractivity contribution < 1.29 is 4.79 Å². The van der Waals surface area contributed by atoms with E-state index in [0.717, 1.165) is 30.5 Å². The first-order valence-electron chi connectivity index (χ1n) is 6.59. The molecule has 1 atom stereocenters. The van der Waals surface area contributed by atoms with Gasteiger partial charge in [-0.15, -0.1) is 0 Å². The molecule has 0 fully saturated rings. The summed E-state index contributed by atoms with van der Waals surface area (Å²) < 4.78 is 0. The van der Waals surface area contributed by atoms with Crippen molar-refractivity contribution >= 4 is 5.91 Å². The number of aryl methyl sites for hydroxylation is 2. The second kappa shape index (κ2) is 6.38. The molecule has 4 nitrogen and oxygen atoms in total. The van der Waals surface area contributed by atoms with E-state index in [-0.39, 0.29) is 23.1 Å². The number of nitrogens with one attached hydrogen (secondary N) is 2. The zero-order valence-corrected chi connectivity index (χ0v) is 11.6. The molecule has 0 bridgehead atoms. The largest absolute Gasteiger partial charge is 0.349 e. The second-order valence-corrected chi connectivity index (χ2v) is 4.51. The molecular formula is C14H22N2O2. The second-order valence-electron chi connectivity index (χ2n) is 4.51. The number of hydrogen-bond donors (Lipinski definition) is 2. The van der Waals surface area contributed by atoms with Gasteiger partial charge in [-0.3, -0.25) is 9.59 Å². The Morgan fingerprint density at radius 1 is 1.33 bits per heavy atom. The van der Waals surface area contributed by atoms with E-state index in [2.05, 4.69) is 10.3 Å². The van der Waals surface area contributed by atoms with Gasteiger partial charge in [0.1, 0.15) is 5.56 Å². The maximum absolute atomic E-state index is 12.0. The van der Waals surface area contributed by atoms with Crippen molar-refractivity contribution in [2.24, 2.45) is 0 Å². The number of H-pyrrole nitrogens is 1. The Labute approximate surface area is 108 Å². The van der Waals surface area contributed by atoms with Gasteiger partial charge in [-0.2, -0.15) is 0 Å². The van der Waals surface area contributed by atoms with Crippen molar-refractivity contribution in [1.29, 1.82) is 0 Å². The van der Waals surface area contributed by atoms with E-state index in [1.54, 1.807) is 6.07 Å². The summed E-state index contributed by atoms with van der Waals surface area (Å²) in [6, 6.07) is 1.79. The Balaban J connectivity index is 3.09. The van der Waals surface area contributed by atoms with Crippen molar-refractivity contribution in [3.05, 3.63) is 33.2 Å². The molecule has 1 aromatic rings. The van der Waals surface area contributed by atoms with E-state index in [1.165, 1.54) is 0 Å². The van der Waals surface area contributed by atoms with Crippen LogP contribution in [0, 0.1) is 0 Å². The van der Waals surface area contributed by atoms with Crippen LogP contribution in [0.3, 0.4) is 0 Å². The van der Waals surface area contributed by atoms with Crippen molar-refractivity contribution in [3.63, 3.8) is 0 Å². The molecule has 0 unspecified atom stereocenters. The fourth-order valence-corrected chi connectivity index (χ4v) is 1.81. The molecule has 0 aliphatic heterocycles. The number of hydrogen-bond acceptors (Lipinski definition) is 2. The van der Waals surface area contributed by atoms with Crippen molar-refractivity contribution in [3.8, 4) is 0 Å². The van der Waals surface area contributed by atoms with Gasteiger partial charge in [0.15, 0.2) is 0 Å². The number of carbonyl (C=O) groups is 1. The first kappa shape index (κ1) is 14.5. The number of aromatic nitrogens is 1. The van der Waals surface area contributed by atoms with Crippen LogP contribution in [0.2, 0.25) is 0 Å². The quantitative estimate of drug-likeness (QED) is 0.840. The van der Waals surface area contributed by atoms with Gasteiger partial charge in [0.05, 0.1) is 0 Å². The summed E-state index contributed by atoms with van der Waals surface area (Å²) in [5.41, 5.74) is 1.86. The lowest BCUT2D eigenvalue weighted by Crippen LogP contribution is -2.36. The Bertz CT molecular complexity index is 477. The molecule has 0 radical (unpaired) electrons. The number of pyridine rings is 1. The minimum atomic E-state index is -0.301. The highest BCUT2D eigenvalue weighted by atomic mass is 16.2. The van der Waals surface area contributed by atoms with Crippen LogP contribution in [-0.2, 0) is 12.8 Å². The average molecular weight is 250 g/mol. The summed E-state index contributed by atoms with van der Waals surface area (Å²) in [6.45, 7) is 7.92. The summed E-state index contributed by atoms with van der Waals surface area (Å²) in [5.74, 6) is -0.289. The fraction of sp³-hybridized carbons (Fsp3) is 0.571. The Morgan fingerprint density at radius 2 is 2.00 bits per heavy atom. The van der Waals surface area contributed by atoms with E-state index in [9.17, 15) is 9.59 Å². The molecule has 0 aliphatic carbocycles. The summed E-state index contributed by atoms with van der Waals surface area (Å²) in [4.78, 5) is 26.6. The number of amides is 1. The Morgan fingerprint density at radius 3 is 2.50 bits per heavy atom. The summed E-state index contributed by atoms with van der Waals surface area (Å²) >= 11 is 0. The third kappa shape index (κ3) is 3.22. The highest BCUT2D eigenvalue weighted by Gasteiger charge is 2.14. The van der Waals surface area contributed by atoms with Crippen LogP contribution < -0.4 is 10.9 Å². The molecule has 0 aromatic carbocycles. The van der Waals surface area contributed by atoms with Crippen LogP contribution in [0.1, 0.15) is 55.7 Å². The zero-order chi connectivity index (χ0) is 13.7. The Kier molecular flexibility index (Phi) is 5.13. The normalized spacial score (nSPS) is 12.2. The molecule has 1 amide bonds. The van der Waals surface area contributed by atoms with Crippen LogP contribution in [0.15, 0.2) is 10.9 Å². The molecular weight excluding hydrogens is 228 g/mol. The van der Waals surface area contributed by atoms with Gasteiger partial charge in [-0.1, -0.05) is 20.8 Å². The third-order valence-corrected chi connectivity index (χ3v) is 3.18. The van der Waals surface area contributed by atoms with Gasteiger partial charge in [0, 0.05) is 11.7 Å². The molecule has 0 spiro atoms. The van der Waals surface area contributed by atoms with E-state index in [4.69, 9.17) is 0 Å². The number of aromatic amines is 1. The van der Waals surface area contributed by atoms with E-state index in [0.29, 0.717) is 0 Å². The van der Waals surface area contributed by atoms with Crippen molar-refractivity contribution in [2.75, 3.05) is 0 Å². The van der Waals surface area contributed by atoms with Gasteiger partial charge >= 0.3 is 0 Å². The van der Waals surface area contributed by atoms with Gasteiger partial charge < -0.3 is 10.3 Å². The minimum Gasteiger partial charge on any atom is -0.349 e. The minimum absolute atomic E-state index is 0.0767. The lowest BCUT2D eigenvalue weighted by Gasteiger charge is -2.12. The number of rotatable bonds is 5. The van der Waals surface area contributed by atoms with Gasteiger partial charge in [-0.25, -0.2) is 0 Å². The first-order valence-corrected chi connectivity index (χ1v) is 6.59. The van der Waals surface area contributed by atoms with Crippen molar-refractivity contribution in [2.45, 2.75) is 53.0 Å². The maximum atomic E-state index is 12.0. The lowest BCUT2D eigenvalue weighted by molar-refractivity contribution is 0.0937. The predicted octanol–water partition coefficient (Wildman–Crippen LogP) is 2.03. The third-order valence-electron chi connectivity index (χ3n) is 3.18. The molecule has 18 heavy (non-hydrogen) atoms. The SMILES string of the molecule is CCc1cc(C(=O)N[C@H](C)CC)c(=O)[nH]c1CC. The Hall–Kier alpha value is -1.58.